The zero-order chi connectivity index (χ0) is 14.9. The Kier molecular flexibility index (Phi) is 4.11. The summed E-state index contributed by atoms with van der Waals surface area (Å²) in [6.07, 6.45) is 0.314. The van der Waals surface area contributed by atoms with Crippen LogP contribution < -0.4 is 0 Å². The van der Waals surface area contributed by atoms with Crippen LogP contribution in [0.1, 0.15) is 28.7 Å². The predicted octanol–water partition coefficient (Wildman–Crippen LogP) is 0.0956. The molecule has 1 N–H and O–H groups in total. The molecule has 9 heteroatoms. The Morgan fingerprint density at radius 1 is 1.60 bits per heavy atom. The number of sulfonamides is 1. The molecule has 0 fully saturated rings. The van der Waals surface area contributed by atoms with E-state index in [1.54, 1.807) is 6.92 Å². The summed E-state index contributed by atoms with van der Waals surface area (Å²) in [4.78, 5) is 11.0. The van der Waals surface area contributed by atoms with E-state index in [4.69, 9.17) is 14.4 Å². The maximum Gasteiger partial charge on any atom is 0.358 e. The number of rotatable bonds is 5. The lowest BCUT2D eigenvalue weighted by Gasteiger charge is -2.27. The molecule has 20 heavy (non-hydrogen) atoms. The standard InChI is InChI=1S/C11H16N2O6S/c1-7(6-18-2)20(16,17)13-4-3-9-8(5-13)10(11(14)15)12-19-9/h7H,3-6H2,1-2H3,(H,14,15). The van der Waals surface area contributed by atoms with Crippen molar-refractivity contribution < 1.29 is 27.6 Å². The Labute approximate surface area is 116 Å². The number of fused-ring (bicyclic) bond motifs is 1. The molecule has 0 aliphatic carbocycles. The van der Waals surface area contributed by atoms with Gasteiger partial charge in [-0.05, 0) is 6.92 Å². The fourth-order valence-corrected chi connectivity index (χ4v) is 3.62. The molecule has 1 atom stereocenters. The van der Waals surface area contributed by atoms with Gasteiger partial charge in [-0.25, -0.2) is 13.2 Å². The maximum absolute atomic E-state index is 12.3. The molecule has 0 saturated carbocycles. The first-order valence-corrected chi connectivity index (χ1v) is 7.56. The zero-order valence-corrected chi connectivity index (χ0v) is 12.0. The van der Waals surface area contributed by atoms with Crippen LogP contribution in [0.2, 0.25) is 0 Å². The molecular weight excluding hydrogens is 288 g/mol. The zero-order valence-electron chi connectivity index (χ0n) is 11.2. The number of methoxy groups -OCH3 is 1. The van der Waals surface area contributed by atoms with Gasteiger partial charge in [0.25, 0.3) is 0 Å². The molecule has 1 unspecified atom stereocenters. The average molecular weight is 304 g/mol. The van der Waals surface area contributed by atoms with Gasteiger partial charge in [0.1, 0.15) is 5.76 Å². The smallest absolute Gasteiger partial charge is 0.358 e. The highest BCUT2D eigenvalue weighted by molar-refractivity contribution is 7.89. The Hall–Kier alpha value is -1.45. The molecule has 0 bridgehead atoms. The lowest BCUT2D eigenvalue weighted by Crippen LogP contribution is -2.42. The molecule has 0 spiro atoms. The third kappa shape index (κ3) is 2.56. The molecule has 0 amide bonds. The van der Waals surface area contributed by atoms with Gasteiger partial charge in [0.2, 0.25) is 10.0 Å². The lowest BCUT2D eigenvalue weighted by atomic mass is 10.1. The lowest BCUT2D eigenvalue weighted by molar-refractivity contribution is 0.0684. The molecule has 1 aliphatic heterocycles. The van der Waals surface area contributed by atoms with E-state index in [1.165, 1.54) is 11.4 Å². The molecule has 2 heterocycles. The van der Waals surface area contributed by atoms with Crippen LogP contribution in [0.25, 0.3) is 0 Å². The highest BCUT2D eigenvalue weighted by Gasteiger charge is 2.35. The monoisotopic (exact) mass is 304 g/mol. The van der Waals surface area contributed by atoms with Crippen LogP contribution in [0.3, 0.4) is 0 Å². The van der Waals surface area contributed by atoms with Gasteiger partial charge < -0.3 is 14.4 Å². The second-order valence-electron chi connectivity index (χ2n) is 4.63. The topological polar surface area (TPSA) is 110 Å². The second kappa shape index (κ2) is 5.51. The number of carboxylic acid groups (broad SMARTS) is 1. The van der Waals surface area contributed by atoms with E-state index in [0.29, 0.717) is 17.7 Å². The van der Waals surface area contributed by atoms with Crippen molar-refractivity contribution in [1.82, 2.24) is 9.46 Å². The summed E-state index contributed by atoms with van der Waals surface area (Å²) < 4.78 is 35.7. The van der Waals surface area contributed by atoms with Crippen LogP contribution in [0.4, 0.5) is 0 Å². The summed E-state index contributed by atoms with van der Waals surface area (Å²) in [5.41, 5.74) is 0.108. The number of aromatic carboxylic acids is 1. The maximum atomic E-state index is 12.3. The van der Waals surface area contributed by atoms with Crippen molar-refractivity contribution >= 4 is 16.0 Å². The number of hydrogen-bond donors (Lipinski definition) is 1. The summed E-state index contributed by atoms with van der Waals surface area (Å²) in [7, 11) is -2.11. The third-order valence-corrected chi connectivity index (χ3v) is 5.45. The Balaban J connectivity index is 2.26. The number of carboxylic acids is 1. The van der Waals surface area contributed by atoms with Crippen molar-refractivity contribution in [2.75, 3.05) is 20.3 Å². The van der Waals surface area contributed by atoms with Crippen molar-refractivity contribution in [3.8, 4) is 0 Å². The molecule has 2 rings (SSSR count). The van der Waals surface area contributed by atoms with Crippen LogP contribution >= 0.6 is 0 Å². The quantitative estimate of drug-likeness (QED) is 0.821. The van der Waals surface area contributed by atoms with Crippen molar-refractivity contribution in [2.45, 2.75) is 25.1 Å². The minimum absolute atomic E-state index is 0.0309. The fourth-order valence-electron chi connectivity index (χ4n) is 2.14. The van der Waals surface area contributed by atoms with Crippen molar-refractivity contribution in [3.63, 3.8) is 0 Å². The summed E-state index contributed by atoms with van der Waals surface area (Å²) in [6, 6.07) is 0. The van der Waals surface area contributed by atoms with Crippen LogP contribution in [0.5, 0.6) is 0 Å². The van der Waals surface area contributed by atoms with Crippen LogP contribution in [0.15, 0.2) is 4.52 Å². The Bertz CT molecular complexity index is 608. The van der Waals surface area contributed by atoms with E-state index in [9.17, 15) is 13.2 Å². The van der Waals surface area contributed by atoms with E-state index in [-0.39, 0.29) is 25.4 Å². The van der Waals surface area contributed by atoms with Crippen molar-refractivity contribution in [3.05, 3.63) is 17.0 Å². The molecule has 8 nitrogen and oxygen atoms in total. The van der Waals surface area contributed by atoms with Crippen LogP contribution in [0, 0.1) is 0 Å². The van der Waals surface area contributed by atoms with E-state index < -0.39 is 21.2 Å². The molecule has 112 valence electrons. The SMILES string of the molecule is COCC(C)S(=O)(=O)N1CCc2onc(C(=O)O)c2C1. The van der Waals surface area contributed by atoms with E-state index >= 15 is 0 Å². The first-order chi connectivity index (χ1) is 9.37. The second-order valence-corrected chi connectivity index (χ2v) is 6.98. The summed E-state index contributed by atoms with van der Waals surface area (Å²) >= 11 is 0. The van der Waals surface area contributed by atoms with Gasteiger partial charge in [0.15, 0.2) is 5.69 Å². The molecule has 0 saturated heterocycles. The minimum Gasteiger partial charge on any atom is -0.476 e. The van der Waals surface area contributed by atoms with E-state index in [0.717, 1.165) is 0 Å². The first kappa shape index (κ1) is 14.9. The summed E-state index contributed by atoms with van der Waals surface area (Å²) in [5.74, 6) is -0.785. The summed E-state index contributed by atoms with van der Waals surface area (Å²) in [5, 5.41) is 11.8. The van der Waals surface area contributed by atoms with Gasteiger partial charge in [-0.15, -0.1) is 0 Å². The number of carbonyl (C=O) groups is 1. The van der Waals surface area contributed by atoms with Gasteiger partial charge in [-0.2, -0.15) is 4.31 Å². The number of hydrogen-bond acceptors (Lipinski definition) is 6. The molecule has 1 aliphatic rings. The van der Waals surface area contributed by atoms with E-state index in [2.05, 4.69) is 5.16 Å². The minimum atomic E-state index is -3.54. The first-order valence-electron chi connectivity index (χ1n) is 6.06. The Morgan fingerprint density at radius 2 is 2.30 bits per heavy atom. The van der Waals surface area contributed by atoms with Crippen molar-refractivity contribution in [2.24, 2.45) is 0 Å². The van der Waals surface area contributed by atoms with Gasteiger partial charge in [0.05, 0.1) is 11.9 Å². The number of aromatic nitrogens is 1. The highest BCUT2D eigenvalue weighted by atomic mass is 32.2. The highest BCUT2D eigenvalue weighted by Crippen LogP contribution is 2.25. The van der Waals surface area contributed by atoms with E-state index in [1.807, 2.05) is 0 Å². The number of ether oxygens (including phenoxy) is 1. The normalized spacial score (nSPS) is 17.7. The molecule has 1 aromatic heterocycles. The summed E-state index contributed by atoms with van der Waals surface area (Å²) in [6.45, 7) is 1.86. The van der Waals surface area contributed by atoms with Crippen LogP contribution in [-0.2, 0) is 27.7 Å². The fraction of sp³-hybridized carbons (Fsp3) is 0.636. The molecule has 0 aromatic carbocycles. The van der Waals surface area contributed by atoms with Gasteiger partial charge in [-0.1, -0.05) is 5.16 Å². The number of nitrogens with zero attached hydrogens (tertiary/aromatic N) is 2. The van der Waals surface area contributed by atoms with Crippen molar-refractivity contribution in [1.29, 1.82) is 0 Å². The van der Waals surface area contributed by atoms with Crippen LogP contribution in [-0.4, -0.2) is 54.5 Å². The molecular formula is C11H16N2O6S. The molecule has 1 aromatic rings. The average Bonchev–Trinajstić information content (AvgIpc) is 2.81. The van der Waals surface area contributed by atoms with Gasteiger partial charge >= 0.3 is 5.97 Å². The van der Waals surface area contributed by atoms with Gasteiger partial charge in [-0.3, -0.25) is 0 Å². The Morgan fingerprint density at radius 3 is 2.90 bits per heavy atom. The predicted molar refractivity (Wildman–Crippen MR) is 67.8 cm³/mol. The van der Waals surface area contributed by atoms with Gasteiger partial charge in [0, 0.05) is 32.2 Å². The largest absolute Gasteiger partial charge is 0.476 e. The third-order valence-electron chi connectivity index (χ3n) is 3.26. The molecule has 0 radical (unpaired) electrons.